The standard InChI is InChI=1S/C22H24O2.C20H22O2/c1-23-20-10-4-9-19-18(20)12-11-15-13-14-22(24-21(15)19)16-5-2-6-17(22)8-3-7-16;1-21-18-4-2-3-15-16(18)7-8-19-17(15)11-20(12-22-19)10-13-5-6-14(20)9-13/h4,9-14,16-17H,2-3,5-8H2,1H3;2-4,7-8,13-14H,5-6,9-12H2,1H3. The van der Waals surface area contributed by atoms with Crippen molar-refractivity contribution in [3.8, 4) is 23.0 Å². The molecular formula is C42H46O4. The average Bonchev–Trinajstić information content (AvgIpc) is 3.69. The maximum absolute atomic E-state index is 6.90. The van der Waals surface area contributed by atoms with Crippen LogP contribution in [-0.2, 0) is 6.42 Å². The molecular weight excluding hydrogens is 568 g/mol. The minimum atomic E-state index is -0.0686. The van der Waals surface area contributed by atoms with E-state index in [0.29, 0.717) is 17.3 Å². The second-order valence-corrected chi connectivity index (χ2v) is 15.1. The number of benzene rings is 4. The Morgan fingerprint density at radius 2 is 1.39 bits per heavy atom. The second kappa shape index (κ2) is 11.0. The molecule has 10 rings (SSSR count). The van der Waals surface area contributed by atoms with Crippen molar-refractivity contribution in [1.82, 2.24) is 0 Å². The summed E-state index contributed by atoms with van der Waals surface area (Å²) in [5.41, 5.74) is 2.95. The Balaban J connectivity index is 0.000000127. The zero-order valence-electron chi connectivity index (χ0n) is 27.4. The van der Waals surface area contributed by atoms with Gasteiger partial charge < -0.3 is 18.9 Å². The Hall–Kier alpha value is -3.66. The number of methoxy groups -OCH3 is 2. The smallest absolute Gasteiger partial charge is 0.135 e. The van der Waals surface area contributed by atoms with Crippen molar-refractivity contribution in [1.29, 1.82) is 0 Å². The predicted molar refractivity (Wildman–Crippen MR) is 185 cm³/mol. The van der Waals surface area contributed by atoms with Gasteiger partial charge in [0.25, 0.3) is 0 Å². The summed E-state index contributed by atoms with van der Waals surface area (Å²) in [7, 11) is 3.49. The van der Waals surface area contributed by atoms with Gasteiger partial charge in [0.2, 0.25) is 0 Å². The molecule has 0 amide bonds. The number of hydrogen-bond donors (Lipinski definition) is 0. The van der Waals surface area contributed by atoms with Crippen molar-refractivity contribution in [3.63, 3.8) is 0 Å². The highest BCUT2D eigenvalue weighted by Gasteiger charge is 2.53. The van der Waals surface area contributed by atoms with E-state index in [1.807, 2.05) is 12.1 Å². The molecule has 4 aromatic rings. The van der Waals surface area contributed by atoms with Crippen LogP contribution >= 0.6 is 0 Å². The van der Waals surface area contributed by atoms with Gasteiger partial charge in [0, 0.05) is 44.5 Å². The Morgan fingerprint density at radius 1 is 0.696 bits per heavy atom. The van der Waals surface area contributed by atoms with E-state index in [1.54, 1.807) is 14.2 Å². The lowest BCUT2D eigenvalue weighted by atomic mass is 9.60. The average molecular weight is 615 g/mol. The van der Waals surface area contributed by atoms with Crippen molar-refractivity contribution in [2.24, 2.45) is 29.1 Å². The molecule has 4 saturated carbocycles. The Labute approximate surface area is 273 Å². The zero-order chi connectivity index (χ0) is 30.9. The van der Waals surface area contributed by atoms with E-state index in [2.05, 4.69) is 60.7 Å². The fourth-order valence-electron chi connectivity index (χ4n) is 10.8. The summed E-state index contributed by atoms with van der Waals surface area (Å²) >= 11 is 0. The minimum Gasteiger partial charge on any atom is -0.496 e. The van der Waals surface area contributed by atoms with E-state index in [9.17, 15) is 0 Å². The molecule has 2 heterocycles. The van der Waals surface area contributed by atoms with Crippen molar-refractivity contribution in [2.45, 2.75) is 76.2 Å². The predicted octanol–water partition coefficient (Wildman–Crippen LogP) is 10.2. The SMILES string of the molecule is COc1cccc2c3c(ccc12)C=CC1(O3)C2CCCC1CCC2.COc1cccc2c3c(ccc12)OCC1(C3)CC2CCC1C2. The number of fused-ring (bicyclic) bond motifs is 9. The Bertz CT molecular complexity index is 1820. The van der Waals surface area contributed by atoms with E-state index in [0.717, 1.165) is 46.8 Å². The largest absolute Gasteiger partial charge is 0.496 e. The van der Waals surface area contributed by atoms with Gasteiger partial charge in [-0.3, -0.25) is 0 Å². The molecule has 4 aliphatic carbocycles. The monoisotopic (exact) mass is 614 g/mol. The molecule has 6 aliphatic rings. The maximum Gasteiger partial charge on any atom is 0.135 e. The molecule has 4 aromatic carbocycles. The first-order chi connectivity index (χ1) is 22.6. The fourth-order valence-corrected chi connectivity index (χ4v) is 10.8. The summed E-state index contributed by atoms with van der Waals surface area (Å²) in [6.45, 7) is 0.927. The molecule has 4 fully saturated rings. The number of ether oxygens (including phenoxy) is 4. The third kappa shape index (κ3) is 4.31. The molecule has 46 heavy (non-hydrogen) atoms. The number of rotatable bonds is 2. The quantitative estimate of drug-likeness (QED) is 0.225. The normalized spacial score (nSPS) is 31.5. The number of hydrogen-bond acceptors (Lipinski definition) is 4. The summed E-state index contributed by atoms with van der Waals surface area (Å²) in [6, 6.07) is 21.2. The van der Waals surface area contributed by atoms with Gasteiger partial charge in [-0.2, -0.15) is 0 Å². The van der Waals surface area contributed by atoms with Crippen LogP contribution in [0.2, 0.25) is 0 Å². The summed E-state index contributed by atoms with van der Waals surface area (Å²) in [5.74, 6) is 7.23. The van der Waals surface area contributed by atoms with Crippen LogP contribution in [0.4, 0.5) is 0 Å². The van der Waals surface area contributed by atoms with E-state index >= 15 is 0 Å². The first kappa shape index (κ1) is 28.6. The summed E-state index contributed by atoms with van der Waals surface area (Å²) in [5, 5.41) is 4.86. The molecule has 2 spiro atoms. The molecule has 3 atom stereocenters. The van der Waals surface area contributed by atoms with Gasteiger partial charge in [0.15, 0.2) is 0 Å². The van der Waals surface area contributed by atoms with Crippen LogP contribution in [0.15, 0.2) is 66.7 Å². The molecule has 0 saturated heterocycles. The van der Waals surface area contributed by atoms with Gasteiger partial charge >= 0.3 is 0 Å². The Morgan fingerprint density at radius 3 is 2.07 bits per heavy atom. The third-order valence-corrected chi connectivity index (χ3v) is 13.0. The zero-order valence-corrected chi connectivity index (χ0v) is 27.4. The van der Waals surface area contributed by atoms with Crippen molar-refractivity contribution in [2.75, 3.05) is 20.8 Å². The summed E-state index contributed by atoms with van der Waals surface area (Å²) in [4.78, 5) is 0. The van der Waals surface area contributed by atoms with Crippen molar-refractivity contribution >= 4 is 27.6 Å². The van der Waals surface area contributed by atoms with Crippen LogP contribution in [0.25, 0.3) is 27.6 Å². The van der Waals surface area contributed by atoms with Gasteiger partial charge in [0.1, 0.15) is 28.6 Å². The van der Waals surface area contributed by atoms with Gasteiger partial charge in [0.05, 0.1) is 20.8 Å². The lowest BCUT2D eigenvalue weighted by molar-refractivity contribution is -0.0604. The van der Waals surface area contributed by atoms with Crippen LogP contribution in [-0.4, -0.2) is 26.4 Å². The van der Waals surface area contributed by atoms with Crippen molar-refractivity contribution < 1.29 is 18.9 Å². The van der Waals surface area contributed by atoms with E-state index in [4.69, 9.17) is 18.9 Å². The minimum absolute atomic E-state index is 0.0686. The molecule has 2 aliphatic heterocycles. The van der Waals surface area contributed by atoms with Crippen molar-refractivity contribution in [3.05, 3.63) is 77.9 Å². The molecule has 0 radical (unpaired) electrons. The van der Waals surface area contributed by atoms with Crippen LogP contribution < -0.4 is 18.9 Å². The lowest BCUT2D eigenvalue weighted by Gasteiger charge is -2.52. The van der Waals surface area contributed by atoms with Gasteiger partial charge in [-0.05, 0) is 105 Å². The third-order valence-electron chi connectivity index (χ3n) is 13.0. The van der Waals surface area contributed by atoms with Crippen LogP contribution in [0.3, 0.4) is 0 Å². The van der Waals surface area contributed by atoms with Crippen LogP contribution in [0.1, 0.15) is 75.3 Å². The highest BCUT2D eigenvalue weighted by atomic mass is 16.5. The highest BCUT2D eigenvalue weighted by Crippen LogP contribution is 2.60. The fraction of sp³-hybridized carbons (Fsp3) is 0.476. The first-order valence-electron chi connectivity index (χ1n) is 17.8. The van der Waals surface area contributed by atoms with E-state index < -0.39 is 0 Å². The summed E-state index contributed by atoms with van der Waals surface area (Å²) < 4.78 is 24.3. The first-order valence-corrected chi connectivity index (χ1v) is 17.8. The molecule has 4 bridgehead atoms. The molecule has 3 unspecified atom stereocenters. The molecule has 0 N–H and O–H groups in total. The molecule has 0 aromatic heterocycles. The maximum atomic E-state index is 6.90. The Kier molecular flexibility index (Phi) is 6.80. The second-order valence-electron chi connectivity index (χ2n) is 15.1. The van der Waals surface area contributed by atoms with E-state index in [1.165, 1.54) is 97.9 Å². The van der Waals surface area contributed by atoms with Gasteiger partial charge in [-0.1, -0.05) is 55.7 Å². The van der Waals surface area contributed by atoms with Crippen LogP contribution in [0, 0.1) is 29.1 Å². The lowest BCUT2D eigenvalue weighted by Crippen LogP contribution is -2.54. The highest BCUT2D eigenvalue weighted by molar-refractivity contribution is 5.96. The van der Waals surface area contributed by atoms with Crippen LogP contribution in [0.5, 0.6) is 23.0 Å². The summed E-state index contributed by atoms with van der Waals surface area (Å²) in [6.07, 6.45) is 19.5. The molecule has 4 nitrogen and oxygen atoms in total. The topological polar surface area (TPSA) is 36.9 Å². The molecule has 4 heteroatoms. The van der Waals surface area contributed by atoms with Gasteiger partial charge in [-0.25, -0.2) is 0 Å². The van der Waals surface area contributed by atoms with E-state index in [-0.39, 0.29) is 5.60 Å². The van der Waals surface area contributed by atoms with Gasteiger partial charge in [-0.15, -0.1) is 0 Å². The molecule has 238 valence electrons.